The van der Waals surface area contributed by atoms with Crippen LogP contribution < -0.4 is 15.3 Å². The van der Waals surface area contributed by atoms with E-state index in [0.29, 0.717) is 5.11 Å². The third kappa shape index (κ3) is 1.62. The number of hydrogen-bond donors (Lipinski definition) is 1. The maximum atomic E-state index is 12.8. The summed E-state index contributed by atoms with van der Waals surface area (Å²) < 4.78 is 0. The molecular weight excluding hydrogens is 298 g/mol. The molecule has 1 amide bonds. The monoisotopic (exact) mass is 311 g/mol. The number of hydroxylamine groups is 1. The summed E-state index contributed by atoms with van der Waals surface area (Å²) >= 11 is 5.37. The molecule has 2 aromatic rings. The predicted octanol–water partition coefficient (Wildman–Crippen LogP) is 2.14. The van der Waals surface area contributed by atoms with E-state index in [1.165, 1.54) is 5.06 Å². The van der Waals surface area contributed by atoms with Crippen LogP contribution in [0.5, 0.6) is 0 Å². The summed E-state index contributed by atoms with van der Waals surface area (Å²) in [5, 5.41) is 4.91. The molecule has 1 saturated heterocycles. The molecule has 22 heavy (non-hydrogen) atoms. The van der Waals surface area contributed by atoms with Gasteiger partial charge in [0.05, 0.1) is 11.4 Å². The summed E-state index contributed by atoms with van der Waals surface area (Å²) in [6, 6.07) is 17.0. The highest BCUT2D eigenvalue weighted by Gasteiger charge is 2.57. The summed E-state index contributed by atoms with van der Waals surface area (Å²) in [6.45, 7) is 0. The lowest BCUT2D eigenvalue weighted by molar-refractivity contribution is -0.141. The van der Waals surface area contributed by atoms with Gasteiger partial charge in [0.2, 0.25) is 5.11 Å². The smallest absolute Gasteiger partial charge is 0.287 e. The SMILES string of the molecule is CN1C(=O)C2(NC(=S)N(c3ccccc3)O2)c2ccccc21. The Hall–Kier alpha value is -2.44. The molecule has 2 heterocycles. The van der Waals surface area contributed by atoms with E-state index in [4.69, 9.17) is 17.1 Å². The fourth-order valence-corrected chi connectivity index (χ4v) is 3.16. The van der Waals surface area contributed by atoms with Crippen LogP contribution in [0.1, 0.15) is 5.56 Å². The molecule has 0 aromatic heterocycles. The van der Waals surface area contributed by atoms with E-state index in [2.05, 4.69) is 5.32 Å². The van der Waals surface area contributed by atoms with Crippen LogP contribution in [0.15, 0.2) is 54.6 Å². The van der Waals surface area contributed by atoms with E-state index in [9.17, 15) is 4.79 Å². The number of para-hydroxylation sites is 2. The van der Waals surface area contributed by atoms with Crippen LogP contribution in [0.3, 0.4) is 0 Å². The molecule has 1 N–H and O–H groups in total. The van der Waals surface area contributed by atoms with E-state index >= 15 is 0 Å². The third-order valence-corrected chi connectivity index (χ3v) is 4.20. The van der Waals surface area contributed by atoms with Gasteiger partial charge in [0.1, 0.15) is 0 Å². The highest BCUT2D eigenvalue weighted by atomic mass is 32.1. The molecule has 5 nitrogen and oxygen atoms in total. The average Bonchev–Trinajstić information content (AvgIpc) is 3.01. The summed E-state index contributed by atoms with van der Waals surface area (Å²) in [5.74, 6) is -0.186. The second-order valence-corrected chi connectivity index (χ2v) is 5.60. The Labute approximate surface area is 133 Å². The molecule has 2 aliphatic heterocycles. The Morgan fingerprint density at radius 1 is 1.09 bits per heavy atom. The number of rotatable bonds is 1. The molecule has 1 unspecified atom stereocenters. The van der Waals surface area contributed by atoms with Crippen molar-refractivity contribution in [1.29, 1.82) is 0 Å². The van der Waals surface area contributed by atoms with Gasteiger partial charge in [-0.3, -0.25) is 4.79 Å². The van der Waals surface area contributed by atoms with Crippen molar-refractivity contribution in [1.82, 2.24) is 5.32 Å². The zero-order valence-corrected chi connectivity index (χ0v) is 12.6. The molecule has 0 saturated carbocycles. The van der Waals surface area contributed by atoms with Gasteiger partial charge < -0.3 is 10.2 Å². The van der Waals surface area contributed by atoms with Crippen molar-refractivity contribution >= 4 is 34.6 Å². The van der Waals surface area contributed by atoms with Crippen LogP contribution in [0.4, 0.5) is 11.4 Å². The van der Waals surface area contributed by atoms with Gasteiger partial charge in [-0.2, -0.15) is 5.06 Å². The molecule has 4 rings (SSSR count). The van der Waals surface area contributed by atoms with Crippen LogP contribution >= 0.6 is 12.2 Å². The first kappa shape index (κ1) is 13.2. The van der Waals surface area contributed by atoms with Crippen molar-refractivity contribution in [2.24, 2.45) is 0 Å². The zero-order valence-electron chi connectivity index (χ0n) is 11.8. The van der Waals surface area contributed by atoms with Crippen LogP contribution in [0, 0.1) is 0 Å². The van der Waals surface area contributed by atoms with E-state index in [0.717, 1.165) is 16.9 Å². The third-order valence-electron chi connectivity index (χ3n) is 3.94. The van der Waals surface area contributed by atoms with Crippen molar-refractivity contribution in [3.63, 3.8) is 0 Å². The van der Waals surface area contributed by atoms with Gasteiger partial charge in [-0.05, 0) is 30.4 Å². The van der Waals surface area contributed by atoms with Crippen LogP contribution in [0.2, 0.25) is 0 Å². The summed E-state index contributed by atoms with van der Waals surface area (Å²) in [6.07, 6.45) is 0. The fourth-order valence-electron chi connectivity index (χ4n) is 2.87. The van der Waals surface area contributed by atoms with Gasteiger partial charge in [-0.25, -0.2) is 4.84 Å². The van der Waals surface area contributed by atoms with E-state index in [1.54, 1.807) is 11.9 Å². The molecule has 1 atom stereocenters. The minimum atomic E-state index is -1.28. The van der Waals surface area contributed by atoms with Crippen molar-refractivity contribution < 1.29 is 9.63 Å². The first-order valence-electron chi connectivity index (χ1n) is 6.87. The van der Waals surface area contributed by atoms with Gasteiger partial charge >= 0.3 is 0 Å². The number of thiocarbonyl (C=S) groups is 1. The normalized spacial score (nSPS) is 23.1. The zero-order chi connectivity index (χ0) is 15.3. The van der Waals surface area contributed by atoms with E-state index in [-0.39, 0.29) is 5.91 Å². The Morgan fingerprint density at radius 3 is 2.55 bits per heavy atom. The minimum Gasteiger partial charge on any atom is -0.319 e. The first-order chi connectivity index (χ1) is 10.6. The number of carbonyl (C=O) groups is 1. The van der Waals surface area contributed by atoms with Crippen molar-refractivity contribution in [3.05, 3.63) is 60.2 Å². The molecule has 2 aliphatic rings. The lowest BCUT2D eigenvalue weighted by atomic mass is 10.1. The Balaban J connectivity index is 1.81. The minimum absolute atomic E-state index is 0.186. The topological polar surface area (TPSA) is 44.8 Å². The molecular formula is C16H13N3O2S. The number of nitrogens with zero attached hydrogens (tertiary/aromatic N) is 2. The summed E-state index contributed by atoms with van der Waals surface area (Å²) in [7, 11) is 1.73. The van der Waals surface area contributed by atoms with Crippen LogP contribution in [0.25, 0.3) is 0 Å². The lowest BCUT2D eigenvalue weighted by Crippen LogP contribution is -2.47. The number of benzene rings is 2. The molecule has 2 aromatic carbocycles. The van der Waals surface area contributed by atoms with E-state index < -0.39 is 5.72 Å². The van der Waals surface area contributed by atoms with Crippen LogP contribution in [-0.4, -0.2) is 18.1 Å². The average molecular weight is 311 g/mol. The second kappa shape index (κ2) is 4.53. The van der Waals surface area contributed by atoms with Crippen molar-refractivity contribution in [2.45, 2.75) is 5.72 Å². The van der Waals surface area contributed by atoms with E-state index in [1.807, 2.05) is 54.6 Å². The Kier molecular flexibility index (Phi) is 2.72. The number of nitrogens with one attached hydrogen (secondary N) is 1. The Bertz CT molecular complexity index is 780. The molecule has 110 valence electrons. The number of hydrogen-bond acceptors (Lipinski definition) is 3. The molecule has 6 heteroatoms. The predicted molar refractivity (Wildman–Crippen MR) is 87.3 cm³/mol. The maximum Gasteiger partial charge on any atom is 0.287 e. The second-order valence-electron chi connectivity index (χ2n) is 5.21. The molecule has 0 bridgehead atoms. The summed E-state index contributed by atoms with van der Waals surface area (Å²) in [5.41, 5.74) is 1.08. The largest absolute Gasteiger partial charge is 0.319 e. The number of anilines is 2. The van der Waals surface area contributed by atoms with Crippen LogP contribution in [-0.2, 0) is 15.4 Å². The molecule has 0 aliphatic carbocycles. The molecule has 0 radical (unpaired) electrons. The van der Waals surface area contributed by atoms with Gasteiger partial charge in [0.15, 0.2) is 0 Å². The highest BCUT2D eigenvalue weighted by Crippen LogP contribution is 2.43. The van der Waals surface area contributed by atoms with Gasteiger partial charge in [-0.15, -0.1) is 0 Å². The number of amides is 1. The molecule has 1 fully saturated rings. The fraction of sp³-hybridized carbons (Fsp3) is 0.125. The summed E-state index contributed by atoms with van der Waals surface area (Å²) in [4.78, 5) is 20.4. The van der Waals surface area contributed by atoms with Gasteiger partial charge in [0, 0.05) is 12.6 Å². The van der Waals surface area contributed by atoms with Crippen molar-refractivity contribution in [3.8, 4) is 0 Å². The standard InChI is InChI=1S/C16H13N3O2S/c1-18-13-10-6-5-9-12(13)16(14(18)20)17-15(22)19(21-16)11-7-3-2-4-8-11/h2-10H,1H3,(H,17,22). The number of carbonyl (C=O) groups excluding carboxylic acids is 1. The Morgan fingerprint density at radius 2 is 1.77 bits per heavy atom. The number of likely N-dealkylation sites (N-methyl/N-ethyl adjacent to an activating group) is 1. The highest BCUT2D eigenvalue weighted by molar-refractivity contribution is 7.80. The lowest BCUT2D eigenvalue weighted by Gasteiger charge is -2.22. The number of fused-ring (bicyclic) bond motifs is 2. The van der Waals surface area contributed by atoms with Crippen molar-refractivity contribution in [2.75, 3.05) is 17.0 Å². The maximum absolute atomic E-state index is 12.8. The van der Waals surface area contributed by atoms with Gasteiger partial charge in [-0.1, -0.05) is 36.4 Å². The first-order valence-corrected chi connectivity index (χ1v) is 7.28. The molecule has 1 spiro atoms. The van der Waals surface area contributed by atoms with Gasteiger partial charge in [0.25, 0.3) is 11.6 Å². The quantitative estimate of drug-likeness (QED) is 0.818.